The average Bonchev–Trinajstić information content (AvgIpc) is 3.17. The van der Waals surface area contributed by atoms with Gasteiger partial charge in [0.2, 0.25) is 0 Å². The second-order valence-electron chi connectivity index (χ2n) is 10.5. The van der Waals surface area contributed by atoms with Crippen LogP contribution >= 0.6 is 0 Å². The van der Waals surface area contributed by atoms with Gasteiger partial charge in [-0.15, -0.1) is 0 Å². The summed E-state index contributed by atoms with van der Waals surface area (Å²) in [5.74, 6) is -3.23. The monoisotopic (exact) mass is 440 g/mol. The summed E-state index contributed by atoms with van der Waals surface area (Å²) >= 11 is 0. The fourth-order valence-corrected chi connectivity index (χ4v) is 5.31. The smallest absolute Gasteiger partial charge is 0.310 e. The van der Waals surface area contributed by atoms with Crippen LogP contribution in [0.25, 0.3) is 0 Å². The molecule has 0 bridgehead atoms. The van der Waals surface area contributed by atoms with Crippen LogP contribution in [0.1, 0.15) is 34.6 Å². The summed E-state index contributed by atoms with van der Waals surface area (Å²) in [5.41, 5.74) is 0. The highest BCUT2D eigenvalue weighted by atomic mass is 28.4. The Morgan fingerprint density at radius 2 is 1.93 bits per heavy atom. The van der Waals surface area contributed by atoms with Crippen molar-refractivity contribution in [3.05, 3.63) is 12.2 Å². The molecule has 0 amide bonds. The lowest BCUT2D eigenvalue weighted by Crippen LogP contribution is -2.46. The molecule has 2 saturated heterocycles. The molecular formula is C22H36O7Si. The van der Waals surface area contributed by atoms with Gasteiger partial charge in [-0.05, 0) is 32.0 Å². The third-order valence-corrected chi connectivity index (χ3v) is 11.6. The molecule has 1 aliphatic carbocycles. The zero-order valence-corrected chi connectivity index (χ0v) is 20.4. The van der Waals surface area contributed by atoms with Gasteiger partial charge >= 0.3 is 11.9 Å². The highest BCUT2D eigenvalue weighted by Crippen LogP contribution is 2.46. The molecule has 2 fully saturated rings. The zero-order chi connectivity index (χ0) is 22.5. The minimum Gasteiger partial charge on any atom is -0.469 e. The van der Waals surface area contributed by atoms with E-state index in [1.165, 1.54) is 7.11 Å². The van der Waals surface area contributed by atoms with E-state index in [9.17, 15) is 9.59 Å². The normalized spacial score (nSPS) is 35.8. The zero-order valence-electron chi connectivity index (χ0n) is 19.4. The molecule has 0 unspecified atom stereocenters. The molecule has 3 rings (SSSR count). The van der Waals surface area contributed by atoms with Crippen molar-refractivity contribution in [1.29, 1.82) is 0 Å². The minimum absolute atomic E-state index is 0.0542. The first-order chi connectivity index (χ1) is 13.8. The Morgan fingerprint density at radius 3 is 2.47 bits per heavy atom. The van der Waals surface area contributed by atoms with Crippen molar-refractivity contribution in [2.24, 2.45) is 23.7 Å². The lowest BCUT2D eigenvalue weighted by molar-refractivity contribution is -0.164. The van der Waals surface area contributed by atoms with Gasteiger partial charge in [-0.2, -0.15) is 0 Å². The van der Waals surface area contributed by atoms with Crippen molar-refractivity contribution in [2.75, 3.05) is 20.3 Å². The van der Waals surface area contributed by atoms with Crippen LogP contribution in [0.2, 0.25) is 18.1 Å². The molecule has 170 valence electrons. The lowest BCUT2D eigenvalue weighted by Gasteiger charge is -2.39. The van der Waals surface area contributed by atoms with E-state index in [0.29, 0.717) is 13.2 Å². The Labute approximate surface area is 180 Å². The number of hydrogen-bond acceptors (Lipinski definition) is 7. The first kappa shape index (κ1) is 23.4. The van der Waals surface area contributed by atoms with Crippen molar-refractivity contribution >= 4 is 20.3 Å². The van der Waals surface area contributed by atoms with E-state index in [1.807, 2.05) is 26.0 Å². The molecule has 6 atom stereocenters. The number of hydrogen-bond donors (Lipinski definition) is 0. The van der Waals surface area contributed by atoms with Crippen molar-refractivity contribution in [3.8, 4) is 0 Å². The molecule has 0 spiro atoms. The maximum absolute atomic E-state index is 12.9. The van der Waals surface area contributed by atoms with Crippen molar-refractivity contribution in [2.45, 2.75) is 70.7 Å². The summed E-state index contributed by atoms with van der Waals surface area (Å²) in [4.78, 5) is 25.6. The largest absolute Gasteiger partial charge is 0.469 e. The predicted molar refractivity (Wildman–Crippen MR) is 113 cm³/mol. The molecule has 0 radical (unpaired) electrons. The quantitative estimate of drug-likeness (QED) is 0.369. The van der Waals surface area contributed by atoms with E-state index in [4.69, 9.17) is 23.4 Å². The Kier molecular flexibility index (Phi) is 6.28. The van der Waals surface area contributed by atoms with Gasteiger partial charge < -0.3 is 23.4 Å². The molecule has 30 heavy (non-hydrogen) atoms. The second kappa shape index (κ2) is 8.04. The molecular weight excluding hydrogens is 404 g/mol. The number of carbonyl (C=O) groups is 2. The van der Waals surface area contributed by atoms with Gasteiger partial charge in [0.1, 0.15) is 12.2 Å². The third-order valence-electron chi connectivity index (χ3n) is 7.06. The van der Waals surface area contributed by atoms with E-state index >= 15 is 0 Å². The van der Waals surface area contributed by atoms with Crippen LogP contribution in [0, 0.1) is 23.7 Å². The summed E-state index contributed by atoms with van der Waals surface area (Å²) in [6, 6.07) is 0. The summed E-state index contributed by atoms with van der Waals surface area (Å²) in [6.07, 6.45) is 3.15. The number of rotatable bonds is 5. The van der Waals surface area contributed by atoms with Crippen molar-refractivity contribution < 1.29 is 33.0 Å². The van der Waals surface area contributed by atoms with Crippen LogP contribution in [0.15, 0.2) is 12.2 Å². The van der Waals surface area contributed by atoms with Crippen LogP contribution in [0.3, 0.4) is 0 Å². The van der Waals surface area contributed by atoms with E-state index < -0.39 is 38.0 Å². The predicted octanol–water partition coefficient (Wildman–Crippen LogP) is 3.29. The molecule has 0 saturated carbocycles. The molecule has 7 nitrogen and oxygen atoms in total. The number of methoxy groups -OCH3 is 1. The van der Waals surface area contributed by atoms with Gasteiger partial charge in [0, 0.05) is 18.4 Å². The highest BCUT2D eigenvalue weighted by Gasteiger charge is 2.57. The summed E-state index contributed by atoms with van der Waals surface area (Å²) in [6.45, 7) is 15.3. The van der Waals surface area contributed by atoms with Gasteiger partial charge in [0.25, 0.3) is 0 Å². The van der Waals surface area contributed by atoms with Crippen LogP contribution in [-0.2, 0) is 33.0 Å². The maximum Gasteiger partial charge on any atom is 0.310 e. The molecule has 0 aromatic carbocycles. The summed E-state index contributed by atoms with van der Waals surface area (Å²) in [5, 5.41) is 0.0542. The second-order valence-corrected chi connectivity index (χ2v) is 15.4. The summed E-state index contributed by atoms with van der Waals surface area (Å²) in [7, 11) is -0.647. The molecule has 0 N–H and O–H groups in total. The SMILES string of the molecule is COC(=O)[C@H]1[C@H]2C(=O)O[C@H]([C@H]3COC(C)(C)O3)[C@H]2C=C[C@H]1CO[Si](C)(C)C(C)(C)C. The fraction of sp³-hybridized carbons (Fsp3) is 0.818. The van der Waals surface area contributed by atoms with E-state index in [-0.39, 0.29) is 28.9 Å². The van der Waals surface area contributed by atoms with Gasteiger partial charge in [0.15, 0.2) is 14.1 Å². The van der Waals surface area contributed by atoms with Crippen LogP contribution in [0.4, 0.5) is 0 Å². The number of fused-ring (bicyclic) bond motifs is 1. The van der Waals surface area contributed by atoms with Gasteiger partial charge in [-0.25, -0.2) is 0 Å². The molecule has 2 heterocycles. The number of carbonyl (C=O) groups excluding carboxylic acids is 2. The van der Waals surface area contributed by atoms with Gasteiger partial charge in [0.05, 0.1) is 25.6 Å². The topological polar surface area (TPSA) is 80.3 Å². The first-order valence-corrected chi connectivity index (χ1v) is 13.6. The van der Waals surface area contributed by atoms with Crippen LogP contribution < -0.4 is 0 Å². The maximum atomic E-state index is 12.9. The van der Waals surface area contributed by atoms with E-state index in [0.717, 1.165) is 0 Å². The fourth-order valence-electron chi connectivity index (χ4n) is 4.26. The third kappa shape index (κ3) is 4.37. The van der Waals surface area contributed by atoms with E-state index in [2.05, 4.69) is 33.9 Å². The van der Waals surface area contributed by atoms with E-state index in [1.54, 1.807) is 0 Å². The van der Waals surface area contributed by atoms with Gasteiger partial charge in [-0.3, -0.25) is 9.59 Å². The lowest BCUT2D eigenvalue weighted by atomic mass is 9.69. The van der Waals surface area contributed by atoms with Crippen LogP contribution in [0.5, 0.6) is 0 Å². The molecule has 0 aromatic heterocycles. The standard InChI is InChI=1S/C22H36O7Si/c1-21(2,3)30(7,8)27-11-13-9-10-14-17(16(13)19(23)25-6)20(24)28-18(14)15-12-26-22(4,5)29-15/h9-10,13-18H,11-12H2,1-8H3/t13-,14-,15+,16+,17-,18-/m0/s1. The Balaban J connectivity index is 1.83. The van der Waals surface area contributed by atoms with Gasteiger partial charge in [-0.1, -0.05) is 32.9 Å². The van der Waals surface area contributed by atoms with Crippen molar-refractivity contribution in [3.63, 3.8) is 0 Å². The first-order valence-electron chi connectivity index (χ1n) is 10.7. The Hall–Kier alpha value is -1.22. The molecule has 3 aliphatic rings. The Morgan fingerprint density at radius 1 is 1.27 bits per heavy atom. The Bertz CT molecular complexity index is 709. The van der Waals surface area contributed by atoms with Crippen LogP contribution in [-0.4, -0.2) is 58.6 Å². The number of esters is 2. The minimum atomic E-state index is -2.00. The highest BCUT2D eigenvalue weighted by molar-refractivity contribution is 6.74. The molecule has 2 aliphatic heterocycles. The van der Waals surface area contributed by atoms with Crippen molar-refractivity contribution in [1.82, 2.24) is 0 Å². The molecule has 8 heteroatoms. The number of cyclic esters (lactones) is 1. The number of ether oxygens (including phenoxy) is 4. The summed E-state index contributed by atoms with van der Waals surface area (Å²) < 4.78 is 28.8. The average molecular weight is 441 g/mol. The molecule has 0 aromatic rings.